The second-order valence-corrected chi connectivity index (χ2v) is 5.43. The fourth-order valence-corrected chi connectivity index (χ4v) is 2.76. The lowest BCUT2D eigenvalue weighted by atomic mass is 9.76. The van der Waals surface area contributed by atoms with E-state index in [1.165, 1.54) is 5.06 Å². The molecule has 0 aromatic carbocycles. The van der Waals surface area contributed by atoms with Crippen molar-refractivity contribution < 1.29 is 5.21 Å². The Morgan fingerprint density at radius 3 is 1.75 bits per heavy atom. The Labute approximate surface area is 75.5 Å². The quantitative estimate of drug-likeness (QED) is 0.548. The molecule has 1 radical (unpaired) electrons. The fourth-order valence-electron chi connectivity index (χ4n) is 2.76. The fraction of sp³-hybridized carbons (Fsp3) is 1.00. The third kappa shape index (κ3) is 1.64. The third-order valence-electron chi connectivity index (χ3n) is 2.80. The van der Waals surface area contributed by atoms with Crippen LogP contribution < -0.4 is 0 Å². The molecule has 0 spiro atoms. The highest BCUT2D eigenvalue weighted by atomic mass is 16.5. The molecule has 0 aliphatic carbocycles. The van der Waals surface area contributed by atoms with Gasteiger partial charge in [-0.3, -0.25) is 0 Å². The van der Waals surface area contributed by atoms with Crippen molar-refractivity contribution in [3.63, 3.8) is 0 Å². The Bertz CT molecular complexity index is 157. The average Bonchev–Trinajstić information content (AvgIpc) is 1.80. The van der Waals surface area contributed by atoms with E-state index in [9.17, 15) is 5.21 Å². The summed E-state index contributed by atoms with van der Waals surface area (Å²) in [6.07, 6.45) is 2.03. The average molecular weight is 170 g/mol. The lowest BCUT2D eigenvalue weighted by Gasteiger charge is -2.49. The van der Waals surface area contributed by atoms with E-state index in [1.54, 1.807) is 0 Å². The molecule has 1 saturated heterocycles. The lowest BCUT2D eigenvalue weighted by molar-refractivity contribution is -0.293. The minimum absolute atomic E-state index is 0.179. The van der Waals surface area contributed by atoms with Crippen LogP contribution in [0.1, 0.15) is 47.5 Å². The summed E-state index contributed by atoms with van der Waals surface area (Å²) >= 11 is 0. The smallest absolute Gasteiger partial charge is 0.0446 e. The van der Waals surface area contributed by atoms with Crippen molar-refractivity contribution in [2.75, 3.05) is 0 Å². The van der Waals surface area contributed by atoms with Gasteiger partial charge in [0.2, 0.25) is 0 Å². The van der Waals surface area contributed by atoms with Gasteiger partial charge >= 0.3 is 0 Å². The van der Waals surface area contributed by atoms with E-state index >= 15 is 0 Å². The van der Waals surface area contributed by atoms with Gasteiger partial charge in [-0.05, 0) is 46.5 Å². The van der Waals surface area contributed by atoms with E-state index in [2.05, 4.69) is 6.92 Å². The van der Waals surface area contributed by atoms with Crippen LogP contribution in [-0.4, -0.2) is 16.1 Å². The van der Waals surface area contributed by atoms with E-state index in [0.29, 0.717) is 5.92 Å². The van der Waals surface area contributed by atoms with Gasteiger partial charge in [-0.1, -0.05) is 6.92 Å². The van der Waals surface area contributed by atoms with Gasteiger partial charge in [0.15, 0.2) is 0 Å². The second kappa shape index (κ2) is 2.71. The summed E-state index contributed by atoms with van der Waals surface area (Å²) in [6.45, 7) is 10.4. The normalized spacial score (nSPS) is 30.5. The lowest BCUT2D eigenvalue weighted by Crippen LogP contribution is -2.57. The zero-order chi connectivity index (χ0) is 9.57. The third-order valence-corrected chi connectivity index (χ3v) is 2.80. The van der Waals surface area contributed by atoms with Crippen LogP contribution in [0.5, 0.6) is 0 Å². The minimum Gasteiger partial charge on any atom is -0.144 e. The predicted molar refractivity (Wildman–Crippen MR) is 49.1 cm³/mol. The molecule has 2 heteroatoms. The molecule has 1 aliphatic heterocycles. The molecular formula is C10H20NO. The standard InChI is InChI=1S/C10H20NO/c1-8-6-9(2,3)11(12)10(4,5)7-8/h8H,6-7H2,1-5H3. The first-order valence-corrected chi connectivity index (χ1v) is 4.73. The molecule has 0 amide bonds. The summed E-state index contributed by atoms with van der Waals surface area (Å²) in [7, 11) is 0. The van der Waals surface area contributed by atoms with E-state index < -0.39 is 0 Å². The molecule has 0 unspecified atom stereocenters. The Morgan fingerprint density at radius 1 is 1.08 bits per heavy atom. The minimum atomic E-state index is -0.179. The van der Waals surface area contributed by atoms with Crippen LogP contribution in [0.3, 0.4) is 0 Å². The molecular weight excluding hydrogens is 150 g/mol. The van der Waals surface area contributed by atoms with E-state index in [1.807, 2.05) is 27.7 Å². The van der Waals surface area contributed by atoms with Gasteiger partial charge in [-0.15, -0.1) is 10.3 Å². The number of hydrogen-bond donors (Lipinski definition) is 0. The summed E-state index contributed by atoms with van der Waals surface area (Å²) in [5.41, 5.74) is -0.359. The first-order valence-electron chi connectivity index (χ1n) is 4.73. The van der Waals surface area contributed by atoms with Gasteiger partial charge in [0.05, 0.1) is 0 Å². The van der Waals surface area contributed by atoms with Gasteiger partial charge in [-0.25, -0.2) is 0 Å². The van der Waals surface area contributed by atoms with Gasteiger partial charge in [0.25, 0.3) is 0 Å². The highest BCUT2D eigenvalue weighted by molar-refractivity contribution is 4.94. The Morgan fingerprint density at radius 2 is 1.42 bits per heavy atom. The maximum absolute atomic E-state index is 11.8. The Balaban J connectivity index is 2.84. The molecule has 1 rings (SSSR count). The summed E-state index contributed by atoms with van der Waals surface area (Å²) in [6, 6.07) is 0. The molecule has 12 heavy (non-hydrogen) atoms. The molecule has 71 valence electrons. The van der Waals surface area contributed by atoms with Gasteiger partial charge < -0.3 is 0 Å². The van der Waals surface area contributed by atoms with E-state index in [-0.39, 0.29) is 11.1 Å². The highest BCUT2D eigenvalue weighted by Gasteiger charge is 2.44. The molecule has 2 nitrogen and oxygen atoms in total. The number of rotatable bonds is 0. The van der Waals surface area contributed by atoms with E-state index in [4.69, 9.17) is 0 Å². The molecule has 0 saturated carbocycles. The number of hydroxylamine groups is 2. The number of piperidine rings is 1. The predicted octanol–water partition coefficient (Wildman–Crippen LogP) is 2.62. The van der Waals surface area contributed by atoms with Crippen molar-refractivity contribution in [3.05, 3.63) is 0 Å². The summed E-state index contributed by atoms with van der Waals surface area (Å²) in [4.78, 5) is 0. The molecule has 0 atom stereocenters. The first-order chi connectivity index (χ1) is 5.26. The maximum atomic E-state index is 11.8. The van der Waals surface area contributed by atoms with Crippen molar-refractivity contribution >= 4 is 0 Å². The molecule has 1 heterocycles. The topological polar surface area (TPSA) is 23.1 Å². The van der Waals surface area contributed by atoms with E-state index in [0.717, 1.165) is 12.8 Å². The SMILES string of the molecule is CC1CC(C)(C)N([O])C(C)(C)C1. The zero-order valence-electron chi connectivity index (χ0n) is 8.85. The summed E-state index contributed by atoms with van der Waals surface area (Å²) in [5, 5.41) is 13.1. The molecule has 0 bridgehead atoms. The van der Waals surface area contributed by atoms with Crippen LogP contribution in [0.15, 0.2) is 0 Å². The van der Waals surface area contributed by atoms with Crippen molar-refractivity contribution in [2.45, 2.75) is 58.5 Å². The van der Waals surface area contributed by atoms with Crippen LogP contribution in [0.2, 0.25) is 0 Å². The maximum Gasteiger partial charge on any atom is 0.0446 e. The number of nitrogens with zero attached hydrogens (tertiary/aromatic N) is 1. The van der Waals surface area contributed by atoms with Crippen LogP contribution in [0.4, 0.5) is 0 Å². The molecule has 0 aromatic rings. The second-order valence-electron chi connectivity index (χ2n) is 5.43. The van der Waals surface area contributed by atoms with Crippen LogP contribution in [0, 0.1) is 5.92 Å². The van der Waals surface area contributed by atoms with Crippen molar-refractivity contribution in [3.8, 4) is 0 Å². The van der Waals surface area contributed by atoms with Crippen molar-refractivity contribution in [2.24, 2.45) is 5.92 Å². The molecule has 0 aromatic heterocycles. The Hall–Kier alpha value is -0.0800. The van der Waals surface area contributed by atoms with Crippen LogP contribution in [-0.2, 0) is 5.21 Å². The Kier molecular flexibility index (Phi) is 2.26. The monoisotopic (exact) mass is 170 g/mol. The molecule has 1 aliphatic rings. The van der Waals surface area contributed by atoms with Gasteiger partial charge in [-0.2, -0.15) is 0 Å². The van der Waals surface area contributed by atoms with Crippen LogP contribution >= 0.6 is 0 Å². The zero-order valence-corrected chi connectivity index (χ0v) is 8.85. The first kappa shape index (κ1) is 10.0. The van der Waals surface area contributed by atoms with Crippen LogP contribution in [0.25, 0.3) is 0 Å². The molecule has 1 fully saturated rings. The summed E-state index contributed by atoms with van der Waals surface area (Å²) < 4.78 is 0. The summed E-state index contributed by atoms with van der Waals surface area (Å²) in [5.74, 6) is 0.667. The van der Waals surface area contributed by atoms with Crippen molar-refractivity contribution in [1.82, 2.24) is 5.06 Å². The van der Waals surface area contributed by atoms with Crippen molar-refractivity contribution in [1.29, 1.82) is 0 Å². The largest absolute Gasteiger partial charge is 0.144 e. The van der Waals surface area contributed by atoms with Gasteiger partial charge in [0, 0.05) is 11.1 Å². The van der Waals surface area contributed by atoms with Gasteiger partial charge in [0.1, 0.15) is 0 Å². The molecule has 0 N–H and O–H groups in total. The highest BCUT2D eigenvalue weighted by Crippen LogP contribution is 2.39. The number of hydrogen-bond acceptors (Lipinski definition) is 1.